The highest BCUT2D eigenvalue weighted by atomic mass is 16.2. The van der Waals surface area contributed by atoms with Gasteiger partial charge in [-0.05, 0) is 38.0 Å². The van der Waals surface area contributed by atoms with Crippen molar-refractivity contribution in [1.82, 2.24) is 14.4 Å². The van der Waals surface area contributed by atoms with Crippen LogP contribution in [0.15, 0.2) is 48.7 Å². The SMILES string of the molecule is CCCCC(=O)N(CC(=O)N(Cc1ccccc1)Cc1cccn1C)C(C)C. The van der Waals surface area contributed by atoms with Crippen molar-refractivity contribution in [2.45, 2.75) is 59.2 Å². The van der Waals surface area contributed by atoms with Crippen LogP contribution in [0.5, 0.6) is 0 Å². The van der Waals surface area contributed by atoms with Gasteiger partial charge in [0.1, 0.15) is 0 Å². The minimum atomic E-state index is -0.0244. The molecule has 1 aromatic heterocycles. The Balaban J connectivity index is 2.16. The molecule has 5 nitrogen and oxygen atoms in total. The van der Waals surface area contributed by atoms with Crippen LogP contribution in [0.25, 0.3) is 0 Å². The van der Waals surface area contributed by atoms with Crippen LogP contribution in [-0.2, 0) is 29.7 Å². The van der Waals surface area contributed by atoms with Crippen LogP contribution in [0.3, 0.4) is 0 Å². The summed E-state index contributed by atoms with van der Waals surface area (Å²) in [7, 11) is 1.98. The third kappa shape index (κ3) is 6.25. The molecule has 0 saturated heterocycles. The molecule has 0 radical (unpaired) electrons. The lowest BCUT2D eigenvalue weighted by molar-refractivity contribution is -0.142. The highest BCUT2D eigenvalue weighted by molar-refractivity contribution is 5.85. The monoisotopic (exact) mass is 383 g/mol. The van der Waals surface area contributed by atoms with Crippen LogP contribution in [0.1, 0.15) is 51.3 Å². The molecule has 0 spiro atoms. The van der Waals surface area contributed by atoms with Crippen molar-refractivity contribution in [3.05, 3.63) is 59.9 Å². The van der Waals surface area contributed by atoms with Gasteiger partial charge in [-0.25, -0.2) is 0 Å². The van der Waals surface area contributed by atoms with Crippen molar-refractivity contribution in [3.63, 3.8) is 0 Å². The first kappa shape index (κ1) is 21.7. The second kappa shape index (κ2) is 10.7. The molecular weight excluding hydrogens is 350 g/mol. The standard InChI is InChI=1S/C23H33N3O2/c1-5-6-14-22(27)26(19(2)3)18-23(28)25(16-20-11-8-7-9-12-20)17-21-13-10-15-24(21)4/h7-13,15,19H,5-6,14,16-18H2,1-4H3. The molecule has 0 aliphatic rings. The van der Waals surface area contributed by atoms with Crippen molar-refractivity contribution in [1.29, 1.82) is 0 Å². The van der Waals surface area contributed by atoms with Gasteiger partial charge in [-0.1, -0.05) is 43.7 Å². The molecule has 0 bridgehead atoms. The zero-order chi connectivity index (χ0) is 20.5. The minimum absolute atomic E-state index is 0.00178. The van der Waals surface area contributed by atoms with Crippen LogP contribution in [0.4, 0.5) is 0 Å². The summed E-state index contributed by atoms with van der Waals surface area (Å²) in [5.41, 5.74) is 2.15. The second-order valence-electron chi connectivity index (χ2n) is 7.56. The molecule has 0 unspecified atom stereocenters. The molecular formula is C23H33N3O2. The van der Waals surface area contributed by atoms with Crippen molar-refractivity contribution < 1.29 is 9.59 Å². The third-order valence-electron chi connectivity index (χ3n) is 4.97. The molecule has 0 saturated carbocycles. The van der Waals surface area contributed by atoms with E-state index in [0.29, 0.717) is 19.5 Å². The van der Waals surface area contributed by atoms with E-state index in [9.17, 15) is 9.59 Å². The van der Waals surface area contributed by atoms with Gasteiger partial charge in [0.25, 0.3) is 0 Å². The van der Waals surface area contributed by atoms with Crippen molar-refractivity contribution in [2.24, 2.45) is 7.05 Å². The number of unbranched alkanes of at least 4 members (excludes halogenated alkanes) is 1. The highest BCUT2D eigenvalue weighted by Crippen LogP contribution is 2.13. The van der Waals surface area contributed by atoms with Crippen molar-refractivity contribution in [3.8, 4) is 0 Å². The van der Waals surface area contributed by atoms with Gasteiger partial charge in [0.2, 0.25) is 11.8 Å². The largest absolute Gasteiger partial charge is 0.353 e. The molecule has 0 N–H and O–H groups in total. The number of benzene rings is 1. The van der Waals surface area contributed by atoms with E-state index in [4.69, 9.17) is 0 Å². The maximum atomic E-state index is 13.2. The Morgan fingerprint density at radius 3 is 2.29 bits per heavy atom. The molecule has 28 heavy (non-hydrogen) atoms. The van der Waals surface area contributed by atoms with E-state index in [1.807, 2.05) is 79.0 Å². The van der Waals surface area contributed by atoms with Gasteiger partial charge < -0.3 is 14.4 Å². The summed E-state index contributed by atoms with van der Waals surface area (Å²) >= 11 is 0. The Kier molecular flexibility index (Phi) is 8.30. The average Bonchev–Trinajstić information content (AvgIpc) is 3.08. The minimum Gasteiger partial charge on any atom is -0.353 e. The van der Waals surface area contributed by atoms with Gasteiger partial charge in [-0.3, -0.25) is 9.59 Å². The van der Waals surface area contributed by atoms with Gasteiger partial charge in [0.15, 0.2) is 0 Å². The molecule has 0 atom stereocenters. The zero-order valence-electron chi connectivity index (χ0n) is 17.6. The molecule has 1 aromatic carbocycles. The average molecular weight is 384 g/mol. The van der Waals surface area contributed by atoms with Gasteiger partial charge in [0, 0.05) is 37.9 Å². The fourth-order valence-electron chi connectivity index (χ4n) is 3.17. The number of carbonyl (C=O) groups excluding carboxylic acids is 2. The van der Waals surface area contributed by atoms with Crippen LogP contribution in [0.2, 0.25) is 0 Å². The van der Waals surface area contributed by atoms with Crippen LogP contribution >= 0.6 is 0 Å². The molecule has 0 aliphatic carbocycles. The lowest BCUT2D eigenvalue weighted by Gasteiger charge is -2.30. The van der Waals surface area contributed by atoms with Crippen LogP contribution < -0.4 is 0 Å². The lowest BCUT2D eigenvalue weighted by atomic mass is 10.2. The zero-order valence-corrected chi connectivity index (χ0v) is 17.6. The van der Waals surface area contributed by atoms with Crippen LogP contribution in [0, 0.1) is 0 Å². The van der Waals surface area contributed by atoms with E-state index >= 15 is 0 Å². The first-order valence-electron chi connectivity index (χ1n) is 10.1. The van der Waals surface area contributed by atoms with E-state index in [2.05, 4.69) is 6.92 Å². The molecule has 2 amide bonds. The van der Waals surface area contributed by atoms with E-state index in [1.165, 1.54) is 0 Å². The number of aromatic nitrogens is 1. The smallest absolute Gasteiger partial charge is 0.242 e. The maximum absolute atomic E-state index is 13.2. The summed E-state index contributed by atoms with van der Waals surface area (Å²) in [6, 6.07) is 14.0. The van der Waals surface area contributed by atoms with E-state index < -0.39 is 0 Å². The molecule has 1 heterocycles. The predicted octanol–water partition coefficient (Wildman–Crippen LogP) is 3.98. The number of amides is 2. The quantitative estimate of drug-likeness (QED) is 0.623. The van der Waals surface area contributed by atoms with Crippen LogP contribution in [-0.4, -0.2) is 38.8 Å². The number of hydrogen-bond donors (Lipinski definition) is 0. The first-order valence-corrected chi connectivity index (χ1v) is 10.1. The normalized spacial score (nSPS) is 10.9. The summed E-state index contributed by atoms with van der Waals surface area (Å²) in [6.07, 6.45) is 4.31. The maximum Gasteiger partial charge on any atom is 0.242 e. The third-order valence-corrected chi connectivity index (χ3v) is 4.97. The summed E-state index contributed by atoms with van der Waals surface area (Å²) < 4.78 is 2.03. The summed E-state index contributed by atoms with van der Waals surface area (Å²) in [5.74, 6) is 0.0346. The fraction of sp³-hybridized carbons (Fsp3) is 0.478. The summed E-state index contributed by atoms with van der Waals surface area (Å²) in [6.45, 7) is 7.18. The molecule has 0 fully saturated rings. The Hall–Kier alpha value is -2.56. The Labute approximate surface area is 168 Å². The van der Waals surface area contributed by atoms with Crippen molar-refractivity contribution in [2.75, 3.05) is 6.54 Å². The molecule has 152 valence electrons. The number of nitrogens with zero attached hydrogens (tertiary/aromatic N) is 3. The number of hydrogen-bond acceptors (Lipinski definition) is 2. The second-order valence-corrected chi connectivity index (χ2v) is 7.56. The fourth-order valence-corrected chi connectivity index (χ4v) is 3.17. The van der Waals surface area contributed by atoms with Gasteiger partial charge in [0.05, 0.1) is 13.1 Å². The van der Waals surface area contributed by atoms with Gasteiger partial charge >= 0.3 is 0 Å². The Morgan fingerprint density at radius 2 is 1.71 bits per heavy atom. The Bertz CT molecular complexity index is 752. The molecule has 2 aromatic rings. The molecule has 5 heteroatoms. The lowest BCUT2D eigenvalue weighted by Crippen LogP contribution is -2.45. The van der Waals surface area contributed by atoms with E-state index in [-0.39, 0.29) is 24.4 Å². The number of aryl methyl sites for hydroxylation is 1. The van der Waals surface area contributed by atoms with E-state index in [1.54, 1.807) is 4.90 Å². The first-order chi connectivity index (χ1) is 13.4. The highest BCUT2D eigenvalue weighted by Gasteiger charge is 2.23. The Morgan fingerprint density at radius 1 is 1.00 bits per heavy atom. The molecule has 2 rings (SSSR count). The topological polar surface area (TPSA) is 45.6 Å². The van der Waals surface area contributed by atoms with Crippen molar-refractivity contribution >= 4 is 11.8 Å². The van der Waals surface area contributed by atoms with Gasteiger partial charge in [-0.15, -0.1) is 0 Å². The summed E-state index contributed by atoms with van der Waals surface area (Å²) in [5, 5.41) is 0. The number of rotatable bonds is 10. The van der Waals surface area contributed by atoms with Gasteiger partial charge in [-0.2, -0.15) is 0 Å². The summed E-state index contributed by atoms with van der Waals surface area (Å²) in [4.78, 5) is 29.3. The predicted molar refractivity (Wildman–Crippen MR) is 112 cm³/mol. The molecule has 0 aliphatic heterocycles. The number of carbonyl (C=O) groups is 2. The van der Waals surface area contributed by atoms with E-state index in [0.717, 1.165) is 24.1 Å².